The minimum Gasteiger partial charge on any atom is -0.496 e. The molecule has 2 nitrogen and oxygen atoms in total. The number of ether oxygens (including phenoxy) is 1. The van der Waals surface area contributed by atoms with Gasteiger partial charge in [-0.2, -0.15) is 0 Å². The SMILES string of the molecule is COc1cc(F)c(F)cc1C(=O)C(Cl)c1ccccc1. The van der Waals surface area contributed by atoms with Gasteiger partial charge < -0.3 is 4.74 Å². The van der Waals surface area contributed by atoms with Crippen LogP contribution in [0.4, 0.5) is 8.78 Å². The lowest BCUT2D eigenvalue weighted by Crippen LogP contribution is -2.10. The maximum atomic E-state index is 13.3. The molecule has 0 radical (unpaired) electrons. The van der Waals surface area contributed by atoms with E-state index in [1.54, 1.807) is 30.3 Å². The van der Waals surface area contributed by atoms with E-state index in [9.17, 15) is 13.6 Å². The summed E-state index contributed by atoms with van der Waals surface area (Å²) in [7, 11) is 1.27. The summed E-state index contributed by atoms with van der Waals surface area (Å²) >= 11 is 6.09. The van der Waals surface area contributed by atoms with Gasteiger partial charge in [0.05, 0.1) is 12.7 Å². The van der Waals surface area contributed by atoms with Crippen molar-refractivity contribution in [3.63, 3.8) is 0 Å². The lowest BCUT2D eigenvalue weighted by molar-refractivity contribution is 0.0983. The number of rotatable bonds is 4. The molecule has 1 unspecified atom stereocenters. The predicted molar refractivity (Wildman–Crippen MR) is 72.3 cm³/mol. The Bertz CT molecular complexity index is 629. The Labute approximate surface area is 119 Å². The zero-order valence-electron chi connectivity index (χ0n) is 10.6. The minimum atomic E-state index is -1.12. The molecule has 2 aromatic carbocycles. The fourth-order valence-electron chi connectivity index (χ4n) is 1.80. The highest BCUT2D eigenvalue weighted by Gasteiger charge is 2.24. The molecule has 0 fully saturated rings. The number of alkyl halides is 1. The third-order valence-electron chi connectivity index (χ3n) is 2.83. The Kier molecular flexibility index (Phi) is 4.35. The van der Waals surface area contributed by atoms with E-state index in [1.807, 2.05) is 0 Å². The van der Waals surface area contributed by atoms with Crippen molar-refractivity contribution in [2.75, 3.05) is 7.11 Å². The van der Waals surface area contributed by atoms with Crippen molar-refractivity contribution in [1.82, 2.24) is 0 Å². The summed E-state index contributed by atoms with van der Waals surface area (Å²) in [5, 5.41) is -0.991. The molecule has 0 aliphatic carbocycles. The molecule has 0 bridgehead atoms. The van der Waals surface area contributed by atoms with Gasteiger partial charge in [-0.3, -0.25) is 4.79 Å². The zero-order chi connectivity index (χ0) is 14.7. The van der Waals surface area contributed by atoms with Gasteiger partial charge in [0.25, 0.3) is 0 Å². The van der Waals surface area contributed by atoms with Gasteiger partial charge in [0.2, 0.25) is 0 Å². The number of ketones is 1. The highest BCUT2D eigenvalue weighted by molar-refractivity contribution is 6.34. The van der Waals surface area contributed by atoms with Crippen LogP contribution in [0.2, 0.25) is 0 Å². The third-order valence-corrected chi connectivity index (χ3v) is 3.28. The summed E-state index contributed by atoms with van der Waals surface area (Å²) in [5.41, 5.74) is 0.487. The maximum absolute atomic E-state index is 13.3. The molecular formula is C15H11ClF2O2. The maximum Gasteiger partial charge on any atom is 0.188 e. The number of halogens is 3. The van der Waals surface area contributed by atoms with Crippen LogP contribution in [0.15, 0.2) is 42.5 Å². The van der Waals surface area contributed by atoms with Crippen molar-refractivity contribution in [3.05, 3.63) is 65.2 Å². The largest absolute Gasteiger partial charge is 0.496 e. The smallest absolute Gasteiger partial charge is 0.188 e. The monoisotopic (exact) mass is 296 g/mol. The predicted octanol–water partition coefficient (Wildman–Crippen LogP) is 4.14. The average Bonchev–Trinajstić information content (AvgIpc) is 2.49. The van der Waals surface area contributed by atoms with Gasteiger partial charge in [0.1, 0.15) is 11.1 Å². The Balaban J connectivity index is 2.41. The molecule has 5 heteroatoms. The second kappa shape index (κ2) is 6.01. The van der Waals surface area contributed by atoms with E-state index >= 15 is 0 Å². The van der Waals surface area contributed by atoms with Crippen LogP contribution in [0, 0.1) is 11.6 Å². The van der Waals surface area contributed by atoms with Crippen molar-refractivity contribution in [3.8, 4) is 5.75 Å². The van der Waals surface area contributed by atoms with Crippen LogP contribution in [0.3, 0.4) is 0 Å². The summed E-state index contributed by atoms with van der Waals surface area (Å²) in [6.07, 6.45) is 0. The Morgan fingerprint density at radius 3 is 2.35 bits per heavy atom. The molecular weight excluding hydrogens is 286 g/mol. The molecule has 2 aromatic rings. The molecule has 1 atom stereocenters. The number of Topliss-reactive ketones (excluding diaryl/α,β-unsaturated/α-hetero) is 1. The molecule has 20 heavy (non-hydrogen) atoms. The van der Waals surface area contributed by atoms with Gasteiger partial charge >= 0.3 is 0 Å². The quantitative estimate of drug-likeness (QED) is 0.626. The number of carbonyl (C=O) groups excluding carboxylic acids is 1. The summed E-state index contributed by atoms with van der Waals surface area (Å²) < 4.78 is 31.3. The number of hydrogen-bond donors (Lipinski definition) is 0. The van der Waals surface area contributed by atoms with Crippen molar-refractivity contribution in [2.24, 2.45) is 0 Å². The second-order valence-corrected chi connectivity index (χ2v) is 4.54. The van der Waals surface area contributed by atoms with Crippen molar-refractivity contribution >= 4 is 17.4 Å². The van der Waals surface area contributed by atoms with Gasteiger partial charge in [-0.15, -0.1) is 11.6 Å². The van der Waals surface area contributed by atoms with Crippen LogP contribution in [0.5, 0.6) is 5.75 Å². The summed E-state index contributed by atoms with van der Waals surface area (Å²) in [6, 6.07) is 10.3. The topological polar surface area (TPSA) is 26.3 Å². The molecule has 104 valence electrons. The van der Waals surface area contributed by atoms with Crippen molar-refractivity contribution in [1.29, 1.82) is 0 Å². The van der Waals surface area contributed by atoms with Gasteiger partial charge in [-0.05, 0) is 11.6 Å². The molecule has 0 aromatic heterocycles. The Morgan fingerprint density at radius 1 is 1.15 bits per heavy atom. The molecule has 0 aliphatic rings. The first kappa shape index (κ1) is 14.5. The normalized spacial score (nSPS) is 12.0. The minimum absolute atomic E-state index is 0.0459. The molecule has 0 N–H and O–H groups in total. The highest BCUT2D eigenvalue weighted by Crippen LogP contribution is 2.30. The lowest BCUT2D eigenvalue weighted by atomic mass is 10.0. The third kappa shape index (κ3) is 2.80. The number of hydrogen-bond acceptors (Lipinski definition) is 2. The van der Waals surface area contributed by atoms with E-state index in [0.29, 0.717) is 5.56 Å². The van der Waals surface area contributed by atoms with E-state index < -0.39 is 22.8 Å². The summed E-state index contributed by atoms with van der Waals surface area (Å²) in [5.74, 6) is -2.79. The van der Waals surface area contributed by atoms with Crippen LogP contribution >= 0.6 is 11.6 Å². The molecule has 0 aliphatic heterocycles. The van der Waals surface area contributed by atoms with Crippen molar-refractivity contribution in [2.45, 2.75) is 5.38 Å². The van der Waals surface area contributed by atoms with Crippen LogP contribution in [-0.4, -0.2) is 12.9 Å². The summed E-state index contributed by atoms with van der Waals surface area (Å²) in [4.78, 5) is 12.3. The molecule has 0 heterocycles. The fraction of sp³-hybridized carbons (Fsp3) is 0.133. The molecule has 0 spiro atoms. The van der Waals surface area contributed by atoms with Crippen molar-refractivity contribution < 1.29 is 18.3 Å². The molecule has 0 saturated heterocycles. The fourth-order valence-corrected chi connectivity index (χ4v) is 2.06. The Hall–Kier alpha value is -1.94. The molecule has 2 rings (SSSR count). The van der Waals surface area contributed by atoms with E-state index in [0.717, 1.165) is 12.1 Å². The number of benzene rings is 2. The first-order valence-electron chi connectivity index (χ1n) is 5.81. The summed E-state index contributed by atoms with van der Waals surface area (Å²) in [6.45, 7) is 0. The van der Waals surface area contributed by atoms with E-state index in [2.05, 4.69) is 0 Å². The molecule has 0 saturated carbocycles. The van der Waals surface area contributed by atoms with Crippen LogP contribution in [-0.2, 0) is 0 Å². The van der Waals surface area contributed by atoms with Crippen LogP contribution in [0.25, 0.3) is 0 Å². The van der Waals surface area contributed by atoms with Gasteiger partial charge in [-0.1, -0.05) is 30.3 Å². The molecule has 0 amide bonds. The Morgan fingerprint density at radius 2 is 1.75 bits per heavy atom. The standard InChI is InChI=1S/C15H11ClF2O2/c1-20-13-8-12(18)11(17)7-10(13)15(19)14(16)9-5-3-2-4-6-9/h2-8,14H,1H3. The zero-order valence-corrected chi connectivity index (χ0v) is 11.3. The van der Waals surface area contributed by atoms with E-state index in [1.165, 1.54) is 7.11 Å². The lowest BCUT2D eigenvalue weighted by Gasteiger charge is -2.12. The first-order chi connectivity index (χ1) is 9.54. The average molecular weight is 297 g/mol. The van der Waals surface area contributed by atoms with Crippen LogP contribution in [0.1, 0.15) is 21.3 Å². The number of methoxy groups -OCH3 is 1. The van der Waals surface area contributed by atoms with Gasteiger partial charge in [0, 0.05) is 6.07 Å². The number of carbonyl (C=O) groups is 1. The van der Waals surface area contributed by atoms with E-state index in [4.69, 9.17) is 16.3 Å². The van der Waals surface area contributed by atoms with E-state index in [-0.39, 0.29) is 11.3 Å². The first-order valence-corrected chi connectivity index (χ1v) is 6.24. The highest BCUT2D eigenvalue weighted by atomic mass is 35.5. The van der Waals surface area contributed by atoms with Gasteiger partial charge in [-0.25, -0.2) is 8.78 Å². The van der Waals surface area contributed by atoms with Gasteiger partial charge in [0.15, 0.2) is 17.4 Å². The second-order valence-electron chi connectivity index (χ2n) is 4.10. The van der Waals surface area contributed by atoms with Crippen LogP contribution < -0.4 is 4.74 Å².